The van der Waals surface area contributed by atoms with Crippen molar-refractivity contribution in [3.8, 4) is 0 Å². The first-order valence-electron chi connectivity index (χ1n) is 5.82. The molecule has 0 bridgehead atoms. The van der Waals surface area contributed by atoms with Crippen molar-refractivity contribution in [1.82, 2.24) is 10.3 Å². The minimum atomic E-state index is 0.787. The van der Waals surface area contributed by atoms with Gasteiger partial charge >= 0.3 is 0 Å². The second-order valence-corrected chi connectivity index (χ2v) is 4.47. The summed E-state index contributed by atoms with van der Waals surface area (Å²) in [4.78, 5) is 3.19. The van der Waals surface area contributed by atoms with Gasteiger partial charge in [0, 0.05) is 17.1 Å². The van der Waals surface area contributed by atoms with Crippen molar-refractivity contribution in [2.24, 2.45) is 5.92 Å². The molecule has 0 saturated heterocycles. The van der Waals surface area contributed by atoms with Crippen LogP contribution >= 0.6 is 0 Å². The van der Waals surface area contributed by atoms with Crippen molar-refractivity contribution < 1.29 is 0 Å². The highest BCUT2D eigenvalue weighted by Crippen LogP contribution is 2.15. The monoisotopic (exact) mass is 218 g/mol. The molecule has 2 heteroatoms. The molecule has 0 aliphatic carbocycles. The van der Waals surface area contributed by atoms with Crippen LogP contribution < -0.4 is 5.32 Å². The summed E-state index contributed by atoms with van der Waals surface area (Å²) in [7, 11) is 1.97. The minimum absolute atomic E-state index is 0.787. The highest BCUT2D eigenvalue weighted by Gasteiger charge is 1.94. The van der Waals surface area contributed by atoms with E-state index in [2.05, 4.69) is 49.3 Å². The zero-order valence-electron chi connectivity index (χ0n) is 10.7. The maximum absolute atomic E-state index is 3.19. The first-order chi connectivity index (χ1) is 7.65. The molecule has 1 aromatic heterocycles. The Morgan fingerprint density at radius 2 is 1.94 bits per heavy atom. The molecule has 0 aliphatic heterocycles. The number of hydrogen-bond acceptors (Lipinski definition) is 1. The summed E-state index contributed by atoms with van der Waals surface area (Å²) in [6.07, 6.45) is 2.03. The molecule has 0 amide bonds. The van der Waals surface area contributed by atoms with E-state index >= 15 is 0 Å². The fraction of sp³-hybridized carbons (Fsp3) is 0.429. The molecule has 0 aliphatic rings. The van der Waals surface area contributed by atoms with Crippen LogP contribution in [-0.2, 0) is 0 Å². The lowest BCUT2D eigenvalue weighted by Crippen LogP contribution is -2.12. The van der Waals surface area contributed by atoms with E-state index in [1.165, 1.54) is 16.5 Å². The van der Waals surface area contributed by atoms with Gasteiger partial charge in [0.15, 0.2) is 0 Å². The van der Waals surface area contributed by atoms with Gasteiger partial charge in [0.05, 0.1) is 0 Å². The van der Waals surface area contributed by atoms with Gasteiger partial charge in [-0.05, 0) is 38.1 Å². The number of aromatic amines is 1. The highest BCUT2D eigenvalue weighted by atomic mass is 14.8. The van der Waals surface area contributed by atoms with Gasteiger partial charge in [-0.1, -0.05) is 32.0 Å². The molecule has 2 rings (SSSR count). The van der Waals surface area contributed by atoms with Gasteiger partial charge in [-0.2, -0.15) is 0 Å². The van der Waals surface area contributed by atoms with Crippen molar-refractivity contribution >= 4 is 10.9 Å². The molecule has 2 aromatic rings. The van der Waals surface area contributed by atoms with Gasteiger partial charge in [0.25, 0.3) is 0 Å². The molecule has 0 fully saturated rings. The lowest BCUT2D eigenvalue weighted by molar-refractivity contribution is 0.595. The fourth-order valence-corrected chi connectivity index (χ4v) is 1.62. The molecule has 0 radical (unpaired) electrons. The number of para-hydroxylation sites is 1. The van der Waals surface area contributed by atoms with Crippen molar-refractivity contribution in [2.45, 2.75) is 20.8 Å². The number of H-pyrrole nitrogens is 1. The van der Waals surface area contributed by atoms with Gasteiger partial charge < -0.3 is 10.3 Å². The molecule has 88 valence electrons. The average molecular weight is 218 g/mol. The summed E-state index contributed by atoms with van der Waals surface area (Å²) in [5, 5.41) is 4.39. The summed E-state index contributed by atoms with van der Waals surface area (Å²) in [6, 6.07) is 8.31. The number of hydrogen-bond donors (Lipinski definition) is 2. The second-order valence-electron chi connectivity index (χ2n) is 4.47. The van der Waals surface area contributed by atoms with Gasteiger partial charge in [-0.3, -0.25) is 0 Å². The van der Waals surface area contributed by atoms with Crippen LogP contribution in [0.25, 0.3) is 10.9 Å². The van der Waals surface area contributed by atoms with Crippen LogP contribution in [0.3, 0.4) is 0 Å². The van der Waals surface area contributed by atoms with Crippen molar-refractivity contribution in [3.63, 3.8) is 0 Å². The average Bonchev–Trinajstić information content (AvgIpc) is 2.62. The Kier molecular flexibility index (Phi) is 5.06. The third-order valence-corrected chi connectivity index (χ3v) is 2.41. The number of benzene rings is 1. The Hall–Kier alpha value is -1.28. The van der Waals surface area contributed by atoms with E-state index in [-0.39, 0.29) is 0 Å². The Balaban J connectivity index is 0.000000187. The van der Waals surface area contributed by atoms with Gasteiger partial charge in [0.1, 0.15) is 0 Å². The first-order valence-corrected chi connectivity index (χ1v) is 5.82. The van der Waals surface area contributed by atoms with E-state index < -0.39 is 0 Å². The minimum Gasteiger partial charge on any atom is -0.361 e. The molecular weight excluding hydrogens is 196 g/mol. The third kappa shape index (κ3) is 3.70. The zero-order valence-corrected chi connectivity index (χ0v) is 10.7. The molecule has 16 heavy (non-hydrogen) atoms. The van der Waals surface area contributed by atoms with Crippen LogP contribution in [0.2, 0.25) is 0 Å². The SMILES string of the molecule is CNCC(C)C.Cc1c[nH]c2ccccc12. The van der Waals surface area contributed by atoms with Gasteiger partial charge in [-0.15, -0.1) is 0 Å². The van der Waals surface area contributed by atoms with E-state index in [1.807, 2.05) is 19.3 Å². The zero-order chi connectivity index (χ0) is 12.0. The van der Waals surface area contributed by atoms with Gasteiger partial charge in [-0.25, -0.2) is 0 Å². The Labute approximate surface area is 98.1 Å². The van der Waals surface area contributed by atoms with Crippen LogP contribution in [0.5, 0.6) is 0 Å². The molecule has 2 N–H and O–H groups in total. The molecule has 0 atom stereocenters. The normalized spacial score (nSPS) is 10.3. The molecule has 0 unspecified atom stereocenters. The number of aromatic nitrogens is 1. The Bertz CT molecular complexity index is 415. The van der Waals surface area contributed by atoms with Crippen LogP contribution in [0, 0.1) is 12.8 Å². The maximum atomic E-state index is 3.19. The smallest absolute Gasteiger partial charge is 0.0456 e. The predicted octanol–water partition coefficient (Wildman–Crippen LogP) is 3.34. The summed E-state index contributed by atoms with van der Waals surface area (Å²) in [5.41, 5.74) is 2.54. The second kappa shape index (κ2) is 6.33. The van der Waals surface area contributed by atoms with E-state index in [9.17, 15) is 0 Å². The van der Waals surface area contributed by atoms with Crippen LogP contribution in [0.15, 0.2) is 30.5 Å². The van der Waals surface area contributed by atoms with E-state index in [0.717, 1.165) is 12.5 Å². The summed E-state index contributed by atoms with van der Waals surface area (Å²) < 4.78 is 0. The summed E-state index contributed by atoms with van der Waals surface area (Å²) in [5.74, 6) is 0.787. The number of aryl methyl sites for hydroxylation is 1. The van der Waals surface area contributed by atoms with Gasteiger partial charge in [0.2, 0.25) is 0 Å². The maximum Gasteiger partial charge on any atom is 0.0456 e. The molecule has 1 heterocycles. The van der Waals surface area contributed by atoms with Crippen LogP contribution in [0.1, 0.15) is 19.4 Å². The lowest BCUT2D eigenvalue weighted by atomic mass is 10.2. The quantitative estimate of drug-likeness (QED) is 0.795. The summed E-state index contributed by atoms with van der Waals surface area (Å²) in [6.45, 7) is 7.62. The molecular formula is C14H22N2. The van der Waals surface area contributed by atoms with E-state index in [4.69, 9.17) is 0 Å². The van der Waals surface area contributed by atoms with Crippen LogP contribution in [-0.4, -0.2) is 18.6 Å². The number of nitrogens with one attached hydrogen (secondary N) is 2. The standard InChI is InChI=1S/C9H9N.C5H13N/c1-7-6-10-9-5-3-2-4-8(7)9;1-5(2)4-6-3/h2-6,10H,1H3;5-6H,4H2,1-3H3. The topological polar surface area (TPSA) is 27.8 Å². The Morgan fingerprint density at radius 3 is 2.44 bits per heavy atom. The fourth-order valence-electron chi connectivity index (χ4n) is 1.62. The largest absolute Gasteiger partial charge is 0.361 e. The van der Waals surface area contributed by atoms with E-state index in [0.29, 0.717) is 0 Å². The summed E-state index contributed by atoms with van der Waals surface area (Å²) >= 11 is 0. The molecule has 0 saturated carbocycles. The predicted molar refractivity (Wildman–Crippen MR) is 71.8 cm³/mol. The van der Waals surface area contributed by atoms with Crippen LogP contribution in [0.4, 0.5) is 0 Å². The first kappa shape index (κ1) is 12.8. The Morgan fingerprint density at radius 1 is 1.25 bits per heavy atom. The third-order valence-electron chi connectivity index (χ3n) is 2.41. The molecule has 1 aromatic carbocycles. The molecule has 2 nitrogen and oxygen atoms in total. The van der Waals surface area contributed by atoms with Crippen molar-refractivity contribution in [1.29, 1.82) is 0 Å². The molecule has 0 spiro atoms. The number of fused-ring (bicyclic) bond motifs is 1. The highest BCUT2D eigenvalue weighted by molar-refractivity contribution is 5.82. The van der Waals surface area contributed by atoms with Crippen molar-refractivity contribution in [3.05, 3.63) is 36.0 Å². The lowest BCUT2D eigenvalue weighted by Gasteiger charge is -1.98. The van der Waals surface area contributed by atoms with E-state index in [1.54, 1.807) is 0 Å². The van der Waals surface area contributed by atoms with Crippen molar-refractivity contribution in [2.75, 3.05) is 13.6 Å². The number of rotatable bonds is 2.